The number of nitrogens with zero attached hydrogens (tertiary/aromatic N) is 2. The van der Waals surface area contributed by atoms with Gasteiger partial charge < -0.3 is 5.32 Å². The molecule has 33 heavy (non-hydrogen) atoms. The Morgan fingerprint density at radius 1 is 0.939 bits per heavy atom. The fourth-order valence-corrected chi connectivity index (χ4v) is 4.40. The summed E-state index contributed by atoms with van der Waals surface area (Å²) < 4.78 is 0. The van der Waals surface area contributed by atoms with Gasteiger partial charge in [-0.05, 0) is 35.9 Å². The molecule has 162 valence electrons. The number of nitriles is 1. The molecule has 6 heteroatoms. The van der Waals surface area contributed by atoms with E-state index < -0.39 is 0 Å². The fourth-order valence-electron chi connectivity index (χ4n) is 3.33. The first-order chi connectivity index (χ1) is 16.1. The highest BCUT2D eigenvalue weighted by atomic mass is 35.5. The van der Waals surface area contributed by atoms with E-state index >= 15 is 0 Å². The fraction of sp³-hybridized carbons (Fsp3) is 0.0741. The van der Waals surface area contributed by atoms with E-state index in [4.69, 9.17) is 16.6 Å². The van der Waals surface area contributed by atoms with Crippen molar-refractivity contribution >= 4 is 35.0 Å². The molecule has 0 radical (unpaired) electrons. The van der Waals surface area contributed by atoms with Crippen LogP contribution in [0.15, 0.2) is 96.0 Å². The molecule has 1 amide bonds. The summed E-state index contributed by atoms with van der Waals surface area (Å²) in [5, 5.41) is 14.1. The van der Waals surface area contributed by atoms with Crippen LogP contribution < -0.4 is 5.32 Å². The molecule has 1 N–H and O–H groups in total. The number of hydrogen-bond donors (Lipinski definition) is 1. The van der Waals surface area contributed by atoms with Gasteiger partial charge in [-0.1, -0.05) is 72.3 Å². The molecule has 0 aliphatic carbocycles. The van der Waals surface area contributed by atoms with Gasteiger partial charge in [0.2, 0.25) is 5.91 Å². The van der Waals surface area contributed by atoms with Crippen LogP contribution in [0.5, 0.6) is 0 Å². The highest BCUT2D eigenvalue weighted by molar-refractivity contribution is 7.99. The van der Waals surface area contributed by atoms with Crippen LogP contribution >= 0.6 is 23.4 Å². The van der Waals surface area contributed by atoms with Crippen molar-refractivity contribution in [1.82, 2.24) is 4.98 Å². The first-order valence-corrected chi connectivity index (χ1v) is 11.7. The lowest BCUT2D eigenvalue weighted by atomic mass is 9.99. The predicted molar refractivity (Wildman–Crippen MR) is 135 cm³/mol. The molecule has 0 spiro atoms. The molecule has 0 atom stereocenters. The van der Waals surface area contributed by atoms with Crippen molar-refractivity contribution < 1.29 is 4.79 Å². The largest absolute Gasteiger partial charge is 0.326 e. The Morgan fingerprint density at radius 3 is 2.21 bits per heavy atom. The summed E-state index contributed by atoms with van der Waals surface area (Å²) in [5.74, 6) is 0.388. The number of aromatic nitrogens is 1. The maximum absolute atomic E-state index is 12.4. The maximum atomic E-state index is 12.4. The standard InChI is InChI=1S/C27H20ClN3OS/c28-21-11-13-22(14-12-21)30-26(32)15-16-33-27-24(18-29)23(19-7-3-1-4-8-19)17-25(31-27)20-9-5-2-6-10-20/h1-14,17H,15-16H2,(H,30,32). The first kappa shape index (κ1) is 22.6. The van der Waals surface area contributed by atoms with Crippen molar-refractivity contribution in [3.63, 3.8) is 0 Å². The molecule has 0 saturated carbocycles. The van der Waals surface area contributed by atoms with Gasteiger partial charge in [-0.3, -0.25) is 4.79 Å². The summed E-state index contributed by atoms with van der Waals surface area (Å²) in [5.41, 5.74) is 4.77. The lowest BCUT2D eigenvalue weighted by molar-refractivity contribution is -0.115. The van der Waals surface area contributed by atoms with Crippen molar-refractivity contribution in [3.8, 4) is 28.5 Å². The average molecular weight is 470 g/mol. The van der Waals surface area contributed by atoms with Gasteiger partial charge in [0.1, 0.15) is 11.1 Å². The number of thioether (sulfide) groups is 1. The second kappa shape index (κ2) is 10.8. The molecule has 0 fully saturated rings. The molecular formula is C27H20ClN3OS. The van der Waals surface area contributed by atoms with Crippen LogP contribution in [0, 0.1) is 11.3 Å². The van der Waals surface area contributed by atoms with Gasteiger partial charge in [0.15, 0.2) is 0 Å². The SMILES string of the molecule is N#Cc1c(-c2ccccc2)cc(-c2ccccc2)nc1SCCC(=O)Nc1ccc(Cl)cc1. The zero-order valence-corrected chi connectivity index (χ0v) is 19.2. The second-order valence-electron chi connectivity index (χ2n) is 7.23. The van der Waals surface area contributed by atoms with E-state index in [9.17, 15) is 10.1 Å². The zero-order chi connectivity index (χ0) is 23.0. The number of anilines is 1. The molecule has 3 aromatic carbocycles. The molecule has 0 aliphatic rings. The summed E-state index contributed by atoms with van der Waals surface area (Å²) >= 11 is 7.31. The van der Waals surface area contributed by atoms with Gasteiger partial charge in [0.25, 0.3) is 0 Å². The molecular weight excluding hydrogens is 450 g/mol. The monoisotopic (exact) mass is 469 g/mol. The Labute approximate surface area is 202 Å². The van der Waals surface area contributed by atoms with Crippen LogP contribution in [-0.4, -0.2) is 16.6 Å². The minimum Gasteiger partial charge on any atom is -0.326 e. The van der Waals surface area contributed by atoms with E-state index in [1.54, 1.807) is 24.3 Å². The van der Waals surface area contributed by atoms with Crippen molar-refractivity contribution in [2.45, 2.75) is 11.4 Å². The van der Waals surface area contributed by atoms with Crippen molar-refractivity contribution in [1.29, 1.82) is 5.26 Å². The zero-order valence-electron chi connectivity index (χ0n) is 17.7. The van der Waals surface area contributed by atoms with Gasteiger partial charge >= 0.3 is 0 Å². The van der Waals surface area contributed by atoms with Gasteiger partial charge in [0.05, 0.1) is 11.3 Å². The predicted octanol–water partition coefficient (Wildman–Crippen LogP) is 7.06. The summed E-state index contributed by atoms with van der Waals surface area (Å²) in [4.78, 5) is 17.2. The Bertz CT molecular complexity index is 1290. The smallest absolute Gasteiger partial charge is 0.225 e. The normalized spacial score (nSPS) is 10.4. The van der Waals surface area contributed by atoms with Gasteiger partial charge in [0, 0.05) is 34.0 Å². The van der Waals surface area contributed by atoms with E-state index in [-0.39, 0.29) is 12.3 Å². The Balaban J connectivity index is 1.58. The number of nitrogens with one attached hydrogen (secondary N) is 1. The second-order valence-corrected chi connectivity index (χ2v) is 8.75. The Kier molecular flexibility index (Phi) is 7.41. The van der Waals surface area contributed by atoms with Crippen LogP contribution in [0.2, 0.25) is 5.02 Å². The van der Waals surface area contributed by atoms with E-state index in [2.05, 4.69) is 11.4 Å². The van der Waals surface area contributed by atoms with E-state index in [1.807, 2.05) is 66.7 Å². The van der Waals surface area contributed by atoms with Crippen LogP contribution in [0.3, 0.4) is 0 Å². The lowest BCUT2D eigenvalue weighted by Crippen LogP contribution is -2.12. The summed E-state index contributed by atoms with van der Waals surface area (Å²) in [7, 11) is 0. The molecule has 1 heterocycles. The minimum atomic E-state index is -0.106. The summed E-state index contributed by atoms with van der Waals surface area (Å²) in [6.07, 6.45) is 0.288. The number of carbonyl (C=O) groups is 1. The Morgan fingerprint density at radius 2 is 1.58 bits per heavy atom. The number of pyridine rings is 1. The number of carbonyl (C=O) groups excluding carboxylic acids is 1. The third-order valence-electron chi connectivity index (χ3n) is 4.95. The summed E-state index contributed by atoms with van der Waals surface area (Å²) in [6, 6.07) is 31.0. The maximum Gasteiger partial charge on any atom is 0.225 e. The molecule has 1 aromatic heterocycles. The number of amides is 1. The third kappa shape index (κ3) is 5.81. The number of halogens is 1. The van der Waals surface area contributed by atoms with E-state index in [1.165, 1.54) is 11.8 Å². The lowest BCUT2D eigenvalue weighted by Gasteiger charge is -2.12. The van der Waals surface area contributed by atoms with E-state index in [0.717, 1.165) is 22.4 Å². The highest BCUT2D eigenvalue weighted by Crippen LogP contribution is 2.34. The van der Waals surface area contributed by atoms with Crippen LogP contribution in [-0.2, 0) is 4.79 Å². The minimum absolute atomic E-state index is 0.106. The number of rotatable bonds is 7. The van der Waals surface area contributed by atoms with Crippen molar-refractivity contribution in [2.24, 2.45) is 0 Å². The highest BCUT2D eigenvalue weighted by Gasteiger charge is 2.16. The van der Waals surface area contributed by atoms with Crippen LogP contribution in [0.1, 0.15) is 12.0 Å². The molecule has 0 unspecified atom stereocenters. The molecule has 0 aliphatic heterocycles. The molecule has 4 nitrogen and oxygen atoms in total. The van der Waals surface area contributed by atoms with E-state index in [0.29, 0.717) is 27.1 Å². The molecule has 4 rings (SSSR count). The average Bonchev–Trinajstić information content (AvgIpc) is 2.86. The van der Waals surface area contributed by atoms with Crippen LogP contribution in [0.4, 0.5) is 5.69 Å². The molecule has 0 saturated heterocycles. The number of hydrogen-bond acceptors (Lipinski definition) is 4. The first-order valence-electron chi connectivity index (χ1n) is 10.4. The van der Waals surface area contributed by atoms with Gasteiger partial charge in [-0.15, -0.1) is 11.8 Å². The topological polar surface area (TPSA) is 65.8 Å². The van der Waals surface area contributed by atoms with Crippen molar-refractivity contribution in [3.05, 3.63) is 102 Å². The third-order valence-corrected chi connectivity index (χ3v) is 6.18. The summed E-state index contributed by atoms with van der Waals surface area (Å²) in [6.45, 7) is 0. The molecule has 0 bridgehead atoms. The Hall–Kier alpha value is -3.59. The number of benzene rings is 3. The van der Waals surface area contributed by atoms with Crippen molar-refractivity contribution in [2.75, 3.05) is 11.1 Å². The van der Waals surface area contributed by atoms with Gasteiger partial charge in [-0.2, -0.15) is 5.26 Å². The quantitative estimate of drug-likeness (QED) is 0.294. The van der Waals surface area contributed by atoms with Gasteiger partial charge in [-0.25, -0.2) is 4.98 Å². The van der Waals surface area contributed by atoms with Crippen LogP contribution in [0.25, 0.3) is 22.4 Å². The molecule has 4 aromatic rings.